The van der Waals surface area contributed by atoms with E-state index < -0.39 is 0 Å². The lowest BCUT2D eigenvalue weighted by atomic mass is 10.2. The number of rotatable bonds is 9. The first-order valence-electron chi connectivity index (χ1n) is 6.31. The van der Waals surface area contributed by atoms with Crippen molar-refractivity contribution < 1.29 is 0 Å². The van der Waals surface area contributed by atoms with Gasteiger partial charge < -0.3 is 10.7 Å². The molecule has 1 rings (SSSR count). The van der Waals surface area contributed by atoms with Crippen LogP contribution < -0.4 is 16.6 Å². The molecule has 6 heteroatoms. The normalized spacial score (nSPS) is 10.4. The standard InChI is InChI=1S/C12H23N5S/c1-10-15-11(9-12(16-10)17-13)14-7-5-3-4-6-8-18-2/h9H,3-8,13H2,1-2H3,(H2,14,15,16,17). The summed E-state index contributed by atoms with van der Waals surface area (Å²) in [6.45, 7) is 2.80. The van der Waals surface area contributed by atoms with Crippen LogP contribution in [0.5, 0.6) is 0 Å². The summed E-state index contributed by atoms with van der Waals surface area (Å²) in [4.78, 5) is 8.45. The van der Waals surface area contributed by atoms with Gasteiger partial charge in [0.2, 0.25) is 0 Å². The van der Waals surface area contributed by atoms with Gasteiger partial charge in [-0.1, -0.05) is 12.8 Å². The Hall–Kier alpha value is -1.01. The summed E-state index contributed by atoms with van der Waals surface area (Å²) in [5.41, 5.74) is 2.54. The lowest BCUT2D eigenvalue weighted by molar-refractivity contribution is 0.688. The largest absolute Gasteiger partial charge is 0.370 e. The Balaban J connectivity index is 2.20. The molecule has 1 aromatic heterocycles. The Morgan fingerprint density at radius 2 is 1.89 bits per heavy atom. The molecule has 0 amide bonds. The third kappa shape index (κ3) is 6.07. The van der Waals surface area contributed by atoms with Gasteiger partial charge in [-0.25, -0.2) is 15.8 Å². The third-order valence-electron chi connectivity index (χ3n) is 2.57. The summed E-state index contributed by atoms with van der Waals surface area (Å²) in [6, 6.07) is 1.82. The average molecular weight is 269 g/mol. The number of hydrazine groups is 1. The summed E-state index contributed by atoms with van der Waals surface area (Å²) in [6.07, 6.45) is 7.21. The second kappa shape index (κ2) is 8.99. The summed E-state index contributed by atoms with van der Waals surface area (Å²) in [5, 5.41) is 3.30. The highest BCUT2D eigenvalue weighted by molar-refractivity contribution is 7.98. The van der Waals surface area contributed by atoms with Crippen LogP contribution in [0.4, 0.5) is 11.6 Å². The molecule has 0 aliphatic heterocycles. The maximum Gasteiger partial charge on any atom is 0.145 e. The molecule has 1 heterocycles. The first kappa shape index (κ1) is 15.0. The second-order valence-electron chi connectivity index (χ2n) is 4.16. The fourth-order valence-electron chi connectivity index (χ4n) is 1.67. The third-order valence-corrected chi connectivity index (χ3v) is 3.26. The van der Waals surface area contributed by atoms with Gasteiger partial charge in [-0.2, -0.15) is 11.8 Å². The van der Waals surface area contributed by atoms with Crippen molar-refractivity contribution in [2.24, 2.45) is 5.84 Å². The van der Waals surface area contributed by atoms with Crippen LogP contribution in [0.3, 0.4) is 0 Å². The van der Waals surface area contributed by atoms with E-state index in [1.165, 1.54) is 31.4 Å². The maximum absolute atomic E-state index is 5.34. The molecule has 0 aliphatic rings. The van der Waals surface area contributed by atoms with Gasteiger partial charge in [0.25, 0.3) is 0 Å². The number of nitrogens with two attached hydrogens (primary N) is 1. The van der Waals surface area contributed by atoms with Gasteiger partial charge >= 0.3 is 0 Å². The number of nitrogens with zero attached hydrogens (tertiary/aromatic N) is 2. The Morgan fingerprint density at radius 1 is 1.17 bits per heavy atom. The van der Waals surface area contributed by atoms with E-state index in [-0.39, 0.29) is 0 Å². The Labute approximate surface area is 113 Å². The van der Waals surface area contributed by atoms with Crippen LogP contribution in [0.1, 0.15) is 31.5 Å². The van der Waals surface area contributed by atoms with E-state index in [2.05, 4.69) is 27.0 Å². The minimum Gasteiger partial charge on any atom is -0.370 e. The zero-order chi connectivity index (χ0) is 13.2. The molecule has 0 saturated heterocycles. The number of nitrogen functional groups attached to an aromatic ring is 1. The number of unbranched alkanes of at least 4 members (excludes halogenated alkanes) is 3. The van der Waals surface area contributed by atoms with Crippen molar-refractivity contribution in [1.82, 2.24) is 9.97 Å². The lowest BCUT2D eigenvalue weighted by Gasteiger charge is -2.08. The van der Waals surface area contributed by atoms with Crippen molar-refractivity contribution in [2.45, 2.75) is 32.6 Å². The molecule has 4 N–H and O–H groups in total. The van der Waals surface area contributed by atoms with Crippen LogP contribution >= 0.6 is 11.8 Å². The smallest absolute Gasteiger partial charge is 0.145 e. The zero-order valence-electron chi connectivity index (χ0n) is 11.2. The van der Waals surface area contributed by atoms with Crippen LogP contribution in [0.15, 0.2) is 6.07 Å². The topological polar surface area (TPSA) is 75.9 Å². The molecule has 0 radical (unpaired) electrons. The van der Waals surface area contributed by atoms with Gasteiger partial charge in [-0.05, 0) is 31.8 Å². The van der Waals surface area contributed by atoms with Crippen molar-refractivity contribution in [3.63, 3.8) is 0 Å². The van der Waals surface area contributed by atoms with Gasteiger partial charge in [0.05, 0.1) is 0 Å². The Bertz CT molecular complexity index is 345. The van der Waals surface area contributed by atoms with Crippen LogP contribution in [-0.4, -0.2) is 28.5 Å². The summed E-state index contributed by atoms with van der Waals surface area (Å²) >= 11 is 1.92. The molecule has 0 spiro atoms. The number of thioether (sulfide) groups is 1. The lowest BCUT2D eigenvalue weighted by Crippen LogP contribution is -2.11. The molecule has 1 aromatic rings. The molecule has 18 heavy (non-hydrogen) atoms. The van der Waals surface area contributed by atoms with Gasteiger partial charge in [0.15, 0.2) is 0 Å². The SMILES string of the molecule is CSCCCCCCNc1cc(NN)nc(C)n1. The quantitative estimate of drug-likeness (QED) is 0.363. The van der Waals surface area contributed by atoms with Crippen molar-refractivity contribution in [1.29, 1.82) is 0 Å². The number of aromatic nitrogens is 2. The van der Waals surface area contributed by atoms with E-state index in [9.17, 15) is 0 Å². The van der Waals surface area contributed by atoms with E-state index >= 15 is 0 Å². The average Bonchev–Trinajstić information content (AvgIpc) is 2.37. The minimum absolute atomic E-state index is 0.643. The van der Waals surface area contributed by atoms with Crippen LogP contribution in [0, 0.1) is 6.92 Å². The molecule has 0 saturated carbocycles. The molecule has 0 unspecified atom stereocenters. The van der Waals surface area contributed by atoms with E-state index in [1.807, 2.05) is 24.8 Å². The second-order valence-corrected chi connectivity index (χ2v) is 5.15. The highest BCUT2D eigenvalue weighted by atomic mass is 32.2. The van der Waals surface area contributed by atoms with Gasteiger partial charge in [-0.15, -0.1) is 0 Å². The maximum atomic E-state index is 5.34. The van der Waals surface area contributed by atoms with Crippen molar-refractivity contribution >= 4 is 23.4 Å². The van der Waals surface area contributed by atoms with Gasteiger partial charge in [0, 0.05) is 12.6 Å². The predicted octanol–water partition coefficient (Wildman–Crippen LogP) is 2.41. The van der Waals surface area contributed by atoms with E-state index in [0.717, 1.165) is 12.4 Å². The highest BCUT2D eigenvalue weighted by Gasteiger charge is 1.99. The zero-order valence-corrected chi connectivity index (χ0v) is 12.0. The molecular weight excluding hydrogens is 246 g/mol. The van der Waals surface area contributed by atoms with Gasteiger partial charge in [-0.3, -0.25) is 0 Å². The minimum atomic E-state index is 0.643. The number of hydrogen-bond donors (Lipinski definition) is 3. The molecular formula is C12H23N5S. The first-order valence-corrected chi connectivity index (χ1v) is 7.70. The van der Waals surface area contributed by atoms with Crippen molar-refractivity contribution in [3.05, 3.63) is 11.9 Å². The summed E-state index contributed by atoms with van der Waals surface area (Å²) in [5.74, 6) is 8.80. The summed E-state index contributed by atoms with van der Waals surface area (Å²) < 4.78 is 0. The fraction of sp³-hybridized carbons (Fsp3) is 0.667. The van der Waals surface area contributed by atoms with E-state index in [4.69, 9.17) is 5.84 Å². The number of anilines is 2. The highest BCUT2D eigenvalue weighted by Crippen LogP contribution is 2.10. The molecule has 0 atom stereocenters. The molecule has 102 valence electrons. The molecule has 5 nitrogen and oxygen atoms in total. The van der Waals surface area contributed by atoms with Crippen LogP contribution in [0.2, 0.25) is 0 Å². The fourth-order valence-corrected chi connectivity index (χ4v) is 2.17. The Kier molecular flexibility index (Phi) is 7.52. The molecule has 0 fully saturated rings. The predicted molar refractivity (Wildman–Crippen MR) is 79.9 cm³/mol. The van der Waals surface area contributed by atoms with Gasteiger partial charge in [0.1, 0.15) is 17.5 Å². The van der Waals surface area contributed by atoms with Crippen molar-refractivity contribution in [2.75, 3.05) is 29.3 Å². The molecule has 0 aromatic carbocycles. The number of hydrogen-bond acceptors (Lipinski definition) is 6. The van der Waals surface area contributed by atoms with E-state index in [0.29, 0.717) is 11.6 Å². The molecule has 0 aliphatic carbocycles. The number of nitrogens with one attached hydrogen (secondary N) is 2. The van der Waals surface area contributed by atoms with Crippen LogP contribution in [0.25, 0.3) is 0 Å². The summed E-state index contributed by atoms with van der Waals surface area (Å²) in [7, 11) is 0. The van der Waals surface area contributed by atoms with Crippen LogP contribution in [-0.2, 0) is 0 Å². The number of aryl methyl sites for hydroxylation is 1. The molecule has 0 bridgehead atoms. The van der Waals surface area contributed by atoms with Crippen molar-refractivity contribution in [3.8, 4) is 0 Å². The first-order chi connectivity index (χ1) is 8.76. The Morgan fingerprint density at radius 3 is 2.61 bits per heavy atom. The monoisotopic (exact) mass is 269 g/mol. The van der Waals surface area contributed by atoms with E-state index in [1.54, 1.807) is 0 Å².